The molecule has 0 bridgehead atoms. The topological polar surface area (TPSA) is 69.9 Å². The summed E-state index contributed by atoms with van der Waals surface area (Å²) in [4.78, 5) is 29.0. The molecule has 0 unspecified atom stereocenters. The molecule has 2 aliphatic rings. The third-order valence-corrected chi connectivity index (χ3v) is 3.75. The molecule has 2 saturated heterocycles. The fourth-order valence-electron chi connectivity index (χ4n) is 2.57. The zero-order valence-corrected chi connectivity index (χ0v) is 11.0. The van der Waals surface area contributed by atoms with E-state index < -0.39 is 0 Å². The average Bonchev–Trinajstić information content (AvgIpc) is 2.75. The third kappa shape index (κ3) is 3.20. The maximum Gasteiger partial charge on any atom is 0.236 e. The number of rotatable bonds is 2. The average molecular weight is 254 g/mol. The summed E-state index contributed by atoms with van der Waals surface area (Å²) in [5, 5.41) is 0. The molecular formula is C12H22N4O2. The monoisotopic (exact) mass is 254 g/mol. The highest BCUT2D eigenvalue weighted by atomic mass is 16.2. The first-order valence-corrected chi connectivity index (χ1v) is 6.57. The minimum Gasteiger partial charge on any atom is -0.339 e. The molecule has 2 amide bonds. The van der Waals surface area contributed by atoms with E-state index in [1.165, 1.54) is 0 Å². The van der Waals surface area contributed by atoms with Gasteiger partial charge in [-0.15, -0.1) is 0 Å². The predicted octanol–water partition coefficient (Wildman–Crippen LogP) is -1.29. The molecule has 102 valence electrons. The molecule has 0 aromatic heterocycles. The Balaban J connectivity index is 1.75. The lowest BCUT2D eigenvalue weighted by Gasteiger charge is -2.35. The van der Waals surface area contributed by atoms with Gasteiger partial charge in [-0.25, -0.2) is 0 Å². The second-order valence-electron chi connectivity index (χ2n) is 5.17. The Morgan fingerprint density at radius 2 is 1.72 bits per heavy atom. The highest BCUT2D eigenvalue weighted by Crippen LogP contribution is 2.08. The van der Waals surface area contributed by atoms with Gasteiger partial charge in [-0.1, -0.05) is 0 Å². The standard InChI is InChI=1S/C12H22N4O2/c1-10(17)15-4-6-16(7-5-15)12(18)9-14-3-2-11(13)8-14/h11H,2-9,13H2,1H3/t11-/m1/s1. The lowest BCUT2D eigenvalue weighted by Crippen LogP contribution is -2.52. The Hall–Kier alpha value is -1.14. The van der Waals surface area contributed by atoms with Crippen LogP contribution in [0.3, 0.4) is 0 Å². The summed E-state index contributed by atoms with van der Waals surface area (Å²) < 4.78 is 0. The normalized spacial score (nSPS) is 25.6. The predicted molar refractivity (Wildman–Crippen MR) is 67.9 cm³/mol. The zero-order chi connectivity index (χ0) is 13.1. The molecular weight excluding hydrogens is 232 g/mol. The Kier molecular flexibility index (Phi) is 4.19. The van der Waals surface area contributed by atoms with E-state index in [2.05, 4.69) is 4.90 Å². The molecule has 1 atom stereocenters. The van der Waals surface area contributed by atoms with Crippen molar-refractivity contribution in [2.24, 2.45) is 5.73 Å². The van der Waals surface area contributed by atoms with E-state index in [0.717, 1.165) is 19.5 Å². The van der Waals surface area contributed by atoms with Gasteiger partial charge in [0.2, 0.25) is 11.8 Å². The Labute approximate surface area is 108 Å². The number of carbonyl (C=O) groups is 2. The van der Waals surface area contributed by atoms with E-state index in [1.807, 2.05) is 4.90 Å². The summed E-state index contributed by atoms with van der Waals surface area (Å²) in [5.41, 5.74) is 5.82. The SMILES string of the molecule is CC(=O)N1CCN(C(=O)CN2CC[C@@H](N)C2)CC1. The van der Waals surface area contributed by atoms with Gasteiger partial charge in [0.05, 0.1) is 6.54 Å². The van der Waals surface area contributed by atoms with Gasteiger partial charge < -0.3 is 15.5 Å². The molecule has 0 aromatic carbocycles. The number of nitrogens with zero attached hydrogens (tertiary/aromatic N) is 3. The molecule has 2 aliphatic heterocycles. The van der Waals surface area contributed by atoms with Crippen molar-refractivity contribution in [3.8, 4) is 0 Å². The minimum absolute atomic E-state index is 0.0904. The van der Waals surface area contributed by atoms with Gasteiger partial charge in [-0.2, -0.15) is 0 Å². The summed E-state index contributed by atoms with van der Waals surface area (Å²) in [6, 6.07) is 0.215. The molecule has 0 saturated carbocycles. The van der Waals surface area contributed by atoms with Gasteiger partial charge >= 0.3 is 0 Å². The fraction of sp³-hybridized carbons (Fsp3) is 0.833. The molecule has 2 N–H and O–H groups in total. The van der Waals surface area contributed by atoms with Gasteiger partial charge in [0.25, 0.3) is 0 Å². The molecule has 18 heavy (non-hydrogen) atoms. The number of hydrogen-bond acceptors (Lipinski definition) is 4. The van der Waals surface area contributed by atoms with Crippen LogP contribution in [0.1, 0.15) is 13.3 Å². The van der Waals surface area contributed by atoms with Crippen LogP contribution in [0, 0.1) is 0 Å². The summed E-state index contributed by atoms with van der Waals surface area (Å²) in [6.45, 7) is 6.38. The van der Waals surface area contributed by atoms with Crippen LogP contribution >= 0.6 is 0 Å². The Morgan fingerprint density at radius 1 is 1.11 bits per heavy atom. The van der Waals surface area contributed by atoms with Crippen molar-refractivity contribution in [3.63, 3.8) is 0 Å². The summed E-state index contributed by atoms with van der Waals surface area (Å²) in [6.07, 6.45) is 0.978. The number of carbonyl (C=O) groups excluding carboxylic acids is 2. The molecule has 0 radical (unpaired) electrons. The number of nitrogens with two attached hydrogens (primary N) is 1. The van der Waals surface area contributed by atoms with E-state index in [9.17, 15) is 9.59 Å². The fourth-order valence-corrected chi connectivity index (χ4v) is 2.57. The minimum atomic E-state index is 0.0904. The largest absolute Gasteiger partial charge is 0.339 e. The van der Waals surface area contributed by atoms with Crippen LogP contribution in [0.4, 0.5) is 0 Å². The van der Waals surface area contributed by atoms with Crippen molar-refractivity contribution in [1.82, 2.24) is 14.7 Å². The van der Waals surface area contributed by atoms with Crippen LogP contribution in [-0.4, -0.2) is 78.4 Å². The van der Waals surface area contributed by atoms with Crippen molar-refractivity contribution in [2.75, 3.05) is 45.8 Å². The number of amides is 2. The van der Waals surface area contributed by atoms with Crippen molar-refractivity contribution >= 4 is 11.8 Å². The second kappa shape index (κ2) is 5.67. The maximum absolute atomic E-state index is 12.1. The molecule has 6 heteroatoms. The van der Waals surface area contributed by atoms with Crippen molar-refractivity contribution in [2.45, 2.75) is 19.4 Å². The highest BCUT2D eigenvalue weighted by Gasteiger charge is 2.26. The summed E-state index contributed by atoms with van der Waals surface area (Å²) >= 11 is 0. The van der Waals surface area contributed by atoms with Crippen LogP contribution in [-0.2, 0) is 9.59 Å². The summed E-state index contributed by atoms with van der Waals surface area (Å²) in [5.74, 6) is 0.250. The van der Waals surface area contributed by atoms with Crippen LogP contribution in [0.25, 0.3) is 0 Å². The van der Waals surface area contributed by atoms with Gasteiger partial charge in [0.1, 0.15) is 0 Å². The van der Waals surface area contributed by atoms with Crippen molar-refractivity contribution in [1.29, 1.82) is 0 Å². The lowest BCUT2D eigenvalue weighted by molar-refractivity contribution is -0.139. The zero-order valence-electron chi connectivity index (χ0n) is 11.0. The first-order chi connectivity index (χ1) is 8.56. The molecule has 0 spiro atoms. The van der Waals surface area contributed by atoms with E-state index in [4.69, 9.17) is 5.73 Å². The van der Waals surface area contributed by atoms with Crippen molar-refractivity contribution < 1.29 is 9.59 Å². The van der Waals surface area contributed by atoms with E-state index in [-0.39, 0.29) is 17.9 Å². The van der Waals surface area contributed by atoms with Crippen LogP contribution in [0.2, 0.25) is 0 Å². The first-order valence-electron chi connectivity index (χ1n) is 6.57. The molecule has 6 nitrogen and oxygen atoms in total. The Bertz CT molecular complexity index is 326. The Morgan fingerprint density at radius 3 is 2.22 bits per heavy atom. The molecule has 2 heterocycles. The van der Waals surface area contributed by atoms with E-state index in [1.54, 1.807) is 11.8 Å². The molecule has 0 aromatic rings. The lowest BCUT2D eigenvalue weighted by atomic mass is 10.3. The first kappa shape index (κ1) is 13.3. The van der Waals surface area contributed by atoms with Crippen molar-refractivity contribution in [3.05, 3.63) is 0 Å². The van der Waals surface area contributed by atoms with Gasteiger partial charge in [-0.05, 0) is 6.42 Å². The van der Waals surface area contributed by atoms with E-state index >= 15 is 0 Å². The maximum atomic E-state index is 12.1. The van der Waals surface area contributed by atoms with Crippen LogP contribution in [0.5, 0.6) is 0 Å². The quantitative estimate of drug-likeness (QED) is 0.666. The second-order valence-corrected chi connectivity index (χ2v) is 5.17. The molecule has 2 rings (SSSR count). The number of hydrogen-bond donors (Lipinski definition) is 1. The third-order valence-electron chi connectivity index (χ3n) is 3.75. The number of likely N-dealkylation sites (tertiary alicyclic amines) is 1. The van der Waals surface area contributed by atoms with Crippen LogP contribution < -0.4 is 5.73 Å². The van der Waals surface area contributed by atoms with Gasteiger partial charge in [-0.3, -0.25) is 14.5 Å². The highest BCUT2D eigenvalue weighted by molar-refractivity contribution is 5.79. The van der Waals surface area contributed by atoms with E-state index in [0.29, 0.717) is 32.7 Å². The van der Waals surface area contributed by atoms with Gasteiger partial charge in [0, 0.05) is 52.2 Å². The molecule has 0 aliphatic carbocycles. The smallest absolute Gasteiger partial charge is 0.236 e. The van der Waals surface area contributed by atoms with Gasteiger partial charge in [0.15, 0.2) is 0 Å². The summed E-state index contributed by atoms with van der Waals surface area (Å²) in [7, 11) is 0. The number of piperazine rings is 1. The van der Waals surface area contributed by atoms with Crippen LogP contribution in [0.15, 0.2) is 0 Å². The molecule has 2 fully saturated rings.